The van der Waals surface area contributed by atoms with Gasteiger partial charge >= 0.3 is 0 Å². The van der Waals surface area contributed by atoms with Crippen molar-refractivity contribution in [1.82, 2.24) is 14.4 Å². The highest BCUT2D eigenvalue weighted by atomic mass is 16.3. The van der Waals surface area contributed by atoms with Crippen LogP contribution in [0.15, 0.2) is 47.0 Å². The second-order valence-electron chi connectivity index (χ2n) is 10.8. The number of carbonyl (C=O) groups is 1. The predicted octanol–water partition coefficient (Wildman–Crippen LogP) is 4.95. The molecule has 1 fully saturated rings. The van der Waals surface area contributed by atoms with Gasteiger partial charge in [0.05, 0.1) is 11.9 Å². The second-order valence-corrected chi connectivity index (χ2v) is 10.8. The Morgan fingerprint density at radius 3 is 2.72 bits per heavy atom. The molecule has 1 amide bonds. The molecule has 4 heterocycles. The molecule has 1 saturated heterocycles. The average Bonchev–Trinajstić information content (AvgIpc) is 3.53. The summed E-state index contributed by atoms with van der Waals surface area (Å²) in [6.45, 7) is 11.3. The van der Waals surface area contributed by atoms with Crippen molar-refractivity contribution in [3.05, 3.63) is 58.8 Å². The van der Waals surface area contributed by atoms with Crippen LogP contribution in [0.25, 0.3) is 10.9 Å². The number of rotatable bonds is 5. The van der Waals surface area contributed by atoms with Gasteiger partial charge in [-0.05, 0) is 62.8 Å². The molecule has 0 radical (unpaired) electrons. The number of amidine groups is 1. The van der Waals surface area contributed by atoms with E-state index in [-0.39, 0.29) is 5.91 Å². The maximum Gasteiger partial charge on any atom is 0.253 e. The van der Waals surface area contributed by atoms with Crippen molar-refractivity contribution in [3.63, 3.8) is 0 Å². The fourth-order valence-electron chi connectivity index (χ4n) is 5.85. The van der Waals surface area contributed by atoms with E-state index in [2.05, 4.69) is 41.5 Å². The average molecular weight is 489 g/mol. The number of amides is 1. The molecule has 1 aromatic heterocycles. The summed E-state index contributed by atoms with van der Waals surface area (Å²) in [4.78, 5) is 22.7. The number of benzene rings is 1. The number of allylic oxidation sites excluding steroid dienone is 3. The lowest BCUT2D eigenvalue weighted by Crippen LogP contribution is -2.37. The summed E-state index contributed by atoms with van der Waals surface area (Å²) in [5.74, 6) is 2.10. The van der Waals surface area contributed by atoms with Crippen LogP contribution in [0.2, 0.25) is 0 Å². The molecule has 1 aromatic carbocycles. The zero-order valence-electron chi connectivity index (χ0n) is 22.0. The Labute approximate surface area is 215 Å². The number of carbonyl (C=O) groups excluding carboxylic acids is 1. The lowest BCUT2D eigenvalue weighted by Gasteiger charge is -2.30. The largest absolute Gasteiger partial charge is 0.389 e. The van der Waals surface area contributed by atoms with Gasteiger partial charge in [-0.25, -0.2) is 0 Å². The van der Waals surface area contributed by atoms with Crippen molar-refractivity contribution in [2.24, 2.45) is 10.9 Å². The Morgan fingerprint density at radius 2 is 2.03 bits per heavy atom. The Kier molecular flexibility index (Phi) is 7.33. The molecule has 2 aromatic rings. The smallest absolute Gasteiger partial charge is 0.253 e. The second kappa shape index (κ2) is 10.6. The topological polar surface area (TPSA) is 61.1 Å². The van der Waals surface area contributed by atoms with Gasteiger partial charge in [0, 0.05) is 79.8 Å². The highest BCUT2D eigenvalue weighted by Crippen LogP contribution is 2.34. The van der Waals surface area contributed by atoms with Gasteiger partial charge in [0.15, 0.2) is 0 Å². The Bertz CT molecular complexity index is 1210. The number of fused-ring (bicyclic) bond motifs is 3. The zero-order valence-corrected chi connectivity index (χ0v) is 22.0. The fourth-order valence-corrected chi connectivity index (χ4v) is 5.85. The molecule has 0 saturated carbocycles. The van der Waals surface area contributed by atoms with E-state index in [0.717, 1.165) is 76.9 Å². The first-order valence-electron chi connectivity index (χ1n) is 13.7. The minimum atomic E-state index is -0.470. The van der Waals surface area contributed by atoms with E-state index < -0.39 is 6.10 Å². The Balaban J connectivity index is 1.53. The Morgan fingerprint density at radius 1 is 1.22 bits per heavy atom. The number of aliphatic hydroxyl groups is 1. The van der Waals surface area contributed by atoms with Crippen LogP contribution in [0.4, 0.5) is 0 Å². The molecule has 0 bridgehead atoms. The summed E-state index contributed by atoms with van der Waals surface area (Å²) < 4.78 is 2.43. The van der Waals surface area contributed by atoms with Gasteiger partial charge < -0.3 is 19.5 Å². The van der Waals surface area contributed by atoms with Crippen LogP contribution in [-0.2, 0) is 19.5 Å². The molecule has 6 heteroatoms. The van der Waals surface area contributed by atoms with Crippen LogP contribution in [0, 0.1) is 5.92 Å². The molecule has 1 unspecified atom stereocenters. The summed E-state index contributed by atoms with van der Waals surface area (Å²) in [5, 5.41) is 10.9. The van der Waals surface area contributed by atoms with E-state index in [4.69, 9.17) is 4.99 Å². The molecule has 1 N–H and O–H groups in total. The standard InChI is InChI=1S/C30H40N4O2/c1-4-23(8-7-22(3)35)19-34-27-10-9-24(30(36)32-15-11-21(2)12-16-32)18-25(27)26-20-33(17-13-28(26)34)29-6-5-14-31-29/h4,7-10,18,21-22,35H,5-6,11-17,19-20H2,1-3H3/b8-7-,23-4+. The zero-order chi connectivity index (χ0) is 25.2. The first-order chi connectivity index (χ1) is 17.4. The first-order valence-corrected chi connectivity index (χ1v) is 13.7. The van der Waals surface area contributed by atoms with E-state index in [0.29, 0.717) is 5.92 Å². The molecule has 3 aliphatic heterocycles. The van der Waals surface area contributed by atoms with Crippen molar-refractivity contribution in [2.45, 2.75) is 72.1 Å². The fraction of sp³-hybridized carbons (Fsp3) is 0.533. The molecule has 5 rings (SSSR count). The van der Waals surface area contributed by atoms with Crippen LogP contribution in [0.3, 0.4) is 0 Å². The van der Waals surface area contributed by atoms with Crippen LogP contribution in [-0.4, -0.2) is 63.5 Å². The lowest BCUT2D eigenvalue weighted by atomic mass is 9.98. The van der Waals surface area contributed by atoms with Gasteiger partial charge in [-0.15, -0.1) is 0 Å². The van der Waals surface area contributed by atoms with Crippen molar-refractivity contribution in [3.8, 4) is 0 Å². The first kappa shape index (κ1) is 24.8. The highest BCUT2D eigenvalue weighted by Gasteiger charge is 2.28. The highest BCUT2D eigenvalue weighted by molar-refractivity contribution is 5.99. The molecule has 36 heavy (non-hydrogen) atoms. The Hall–Kier alpha value is -2.86. The van der Waals surface area contributed by atoms with Gasteiger partial charge in [-0.1, -0.05) is 25.2 Å². The number of aliphatic hydroxyl groups excluding tert-OH is 1. The summed E-state index contributed by atoms with van der Waals surface area (Å²) >= 11 is 0. The third-order valence-electron chi connectivity index (χ3n) is 8.09. The summed E-state index contributed by atoms with van der Waals surface area (Å²) in [5.41, 5.74) is 5.85. The number of likely N-dealkylation sites (tertiary alicyclic amines) is 1. The van der Waals surface area contributed by atoms with Crippen LogP contribution >= 0.6 is 0 Å². The van der Waals surface area contributed by atoms with Gasteiger partial charge in [0.2, 0.25) is 0 Å². The molecule has 192 valence electrons. The maximum atomic E-state index is 13.4. The van der Waals surface area contributed by atoms with Crippen LogP contribution < -0.4 is 0 Å². The number of hydrogen-bond acceptors (Lipinski definition) is 4. The van der Waals surface area contributed by atoms with E-state index in [1.807, 2.05) is 23.1 Å². The van der Waals surface area contributed by atoms with E-state index in [1.165, 1.54) is 33.6 Å². The van der Waals surface area contributed by atoms with E-state index in [9.17, 15) is 9.90 Å². The molecule has 0 spiro atoms. The number of hydrogen-bond donors (Lipinski definition) is 1. The van der Waals surface area contributed by atoms with E-state index >= 15 is 0 Å². The lowest BCUT2D eigenvalue weighted by molar-refractivity contribution is 0.0697. The molecule has 6 nitrogen and oxygen atoms in total. The van der Waals surface area contributed by atoms with Crippen LogP contribution in [0.5, 0.6) is 0 Å². The summed E-state index contributed by atoms with van der Waals surface area (Å²) in [6.07, 6.45) is 10.9. The molecule has 0 aliphatic carbocycles. The minimum absolute atomic E-state index is 0.159. The van der Waals surface area contributed by atoms with Crippen molar-refractivity contribution >= 4 is 22.6 Å². The van der Waals surface area contributed by atoms with Gasteiger partial charge in [-0.2, -0.15) is 0 Å². The van der Waals surface area contributed by atoms with Gasteiger partial charge in [0.25, 0.3) is 5.91 Å². The maximum absolute atomic E-state index is 13.4. The van der Waals surface area contributed by atoms with Crippen LogP contribution in [0.1, 0.15) is 68.1 Å². The summed E-state index contributed by atoms with van der Waals surface area (Å²) in [7, 11) is 0. The molecule has 3 aliphatic rings. The molecular weight excluding hydrogens is 448 g/mol. The van der Waals surface area contributed by atoms with Crippen molar-refractivity contribution in [2.75, 3.05) is 26.2 Å². The number of nitrogens with zero attached hydrogens (tertiary/aromatic N) is 4. The quantitative estimate of drug-likeness (QED) is 0.606. The third-order valence-corrected chi connectivity index (χ3v) is 8.09. The van der Waals surface area contributed by atoms with Gasteiger partial charge in [-0.3, -0.25) is 9.79 Å². The number of aromatic nitrogens is 1. The predicted molar refractivity (Wildman–Crippen MR) is 146 cm³/mol. The molecular formula is C30H40N4O2. The van der Waals surface area contributed by atoms with Crippen molar-refractivity contribution < 1.29 is 9.90 Å². The SMILES string of the molecule is C/C=C(\C=C/C(C)O)Cn1c2c(c3cc(C(=O)N4CCC(C)CC4)ccc31)CN(C1=NCCC1)CC2. The van der Waals surface area contributed by atoms with E-state index in [1.54, 1.807) is 6.92 Å². The molecule has 1 atom stereocenters. The van der Waals surface area contributed by atoms with Crippen molar-refractivity contribution in [1.29, 1.82) is 0 Å². The van der Waals surface area contributed by atoms with Gasteiger partial charge in [0.1, 0.15) is 0 Å². The third kappa shape index (κ3) is 5.01. The number of aliphatic imine (C=N–C) groups is 1. The number of piperidine rings is 1. The minimum Gasteiger partial charge on any atom is -0.389 e. The normalized spacial score (nSPS) is 20.3. The monoisotopic (exact) mass is 488 g/mol. The summed E-state index contributed by atoms with van der Waals surface area (Å²) in [6, 6.07) is 6.31.